The van der Waals surface area contributed by atoms with Crippen LogP contribution < -0.4 is 18.9 Å². The molecule has 0 radical (unpaired) electrons. The molecule has 0 spiro atoms. The van der Waals surface area contributed by atoms with Crippen LogP contribution in [0.5, 0.6) is 23.0 Å². The van der Waals surface area contributed by atoms with Crippen LogP contribution in [0.25, 0.3) is 0 Å². The van der Waals surface area contributed by atoms with E-state index in [9.17, 15) is 9.59 Å². The summed E-state index contributed by atoms with van der Waals surface area (Å²) < 4.78 is 22.7. The molecule has 2 atom stereocenters. The molecule has 0 amide bonds. The van der Waals surface area contributed by atoms with Crippen molar-refractivity contribution in [3.05, 3.63) is 83.4 Å². The number of fused-ring (bicyclic) bond motifs is 1. The maximum atomic E-state index is 14.1. The molecule has 6 heteroatoms. The SMILES string of the molecule is COc1ccc(C2(C(CC=O)c3ccccc3)Oc3cc(OC)cc(OC)c3C2=O)cc1. The summed E-state index contributed by atoms with van der Waals surface area (Å²) in [5, 5.41) is 0. The first-order valence-corrected chi connectivity index (χ1v) is 10.2. The van der Waals surface area contributed by atoms with Gasteiger partial charge in [-0.05, 0) is 17.7 Å². The Hall–Kier alpha value is -3.80. The number of benzene rings is 3. The molecule has 164 valence electrons. The number of rotatable bonds is 8. The Kier molecular flexibility index (Phi) is 5.86. The Bertz CT molecular complexity index is 1120. The van der Waals surface area contributed by atoms with Crippen molar-refractivity contribution in [2.75, 3.05) is 21.3 Å². The van der Waals surface area contributed by atoms with Gasteiger partial charge >= 0.3 is 0 Å². The van der Waals surface area contributed by atoms with Crippen molar-refractivity contribution >= 4 is 12.1 Å². The molecule has 0 saturated carbocycles. The zero-order valence-corrected chi connectivity index (χ0v) is 18.2. The predicted molar refractivity (Wildman–Crippen MR) is 119 cm³/mol. The Labute approximate surface area is 186 Å². The number of hydrogen-bond donors (Lipinski definition) is 0. The lowest BCUT2D eigenvalue weighted by atomic mass is 9.72. The second kappa shape index (κ2) is 8.75. The van der Waals surface area contributed by atoms with E-state index in [1.54, 1.807) is 43.5 Å². The van der Waals surface area contributed by atoms with E-state index in [0.717, 1.165) is 11.8 Å². The van der Waals surface area contributed by atoms with Crippen LogP contribution in [0.15, 0.2) is 66.7 Å². The third kappa shape index (κ3) is 3.38. The quantitative estimate of drug-likeness (QED) is 0.486. The third-order valence-electron chi connectivity index (χ3n) is 5.87. The molecule has 2 unspecified atom stereocenters. The van der Waals surface area contributed by atoms with Crippen LogP contribution in [-0.2, 0) is 10.4 Å². The number of ether oxygens (including phenoxy) is 4. The van der Waals surface area contributed by atoms with Gasteiger partial charge in [0.1, 0.15) is 34.8 Å². The molecule has 0 saturated heterocycles. The summed E-state index contributed by atoms with van der Waals surface area (Å²) >= 11 is 0. The van der Waals surface area contributed by atoms with Crippen LogP contribution >= 0.6 is 0 Å². The Morgan fingerprint density at radius 1 is 0.906 bits per heavy atom. The molecule has 6 nitrogen and oxygen atoms in total. The lowest BCUT2D eigenvalue weighted by Gasteiger charge is -2.35. The third-order valence-corrected chi connectivity index (χ3v) is 5.87. The first-order chi connectivity index (χ1) is 15.6. The van der Waals surface area contributed by atoms with E-state index < -0.39 is 11.5 Å². The summed E-state index contributed by atoms with van der Waals surface area (Å²) in [6.07, 6.45) is 0.912. The molecule has 1 aliphatic heterocycles. The molecule has 0 N–H and O–H groups in total. The van der Waals surface area contributed by atoms with Gasteiger partial charge in [-0.25, -0.2) is 0 Å². The lowest BCUT2D eigenvalue weighted by molar-refractivity contribution is -0.109. The number of aldehydes is 1. The number of carbonyl (C=O) groups is 2. The highest BCUT2D eigenvalue weighted by atomic mass is 16.5. The summed E-state index contributed by atoms with van der Waals surface area (Å²) in [6.45, 7) is 0. The fraction of sp³-hybridized carbons (Fsp3) is 0.231. The van der Waals surface area contributed by atoms with Gasteiger partial charge in [-0.2, -0.15) is 0 Å². The summed E-state index contributed by atoms with van der Waals surface area (Å²) in [5.41, 5.74) is 0.311. The molecule has 0 bridgehead atoms. The monoisotopic (exact) mass is 432 g/mol. The molecule has 3 aromatic carbocycles. The van der Waals surface area contributed by atoms with Gasteiger partial charge in [0.15, 0.2) is 0 Å². The Morgan fingerprint density at radius 3 is 2.19 bits per heavy atom. The molecule has 3 aromatic rings. The van der Waals surface area contributed by atoms with Gasteiger partial charge in [-0.15, -0.1) is 0 Å². The normalized spacial score (nSPS) is 17.8. The van der Waals surface area contributed by atoms with Crippen LogP contribution in [-0.4, -0.2) is 33.4 Å². The van der Waals surface area contributed by atoms with E-state index in [-0.39, 0.29) is 12.2 Å². The highest BCUT2D eigenvalue weighted by Gasteiger charge is 2.56. The summed E-state index contributed by atoms with van der Waals surface area (Å²) in [4.78, 5) is 25.9. The van der Waals surface area contributed by atoms with Gasteiger partial charge < -0.3 is 23.7 Å². The minimum absolute atomic E-state index is 0.0925. The van der Waals surface area contributed by atoms with Crippen molar-refractivity contribution in [3.63, 3.8) is 0 Å². The van der Waals surface area contributed by atoms with Crippen LogP contribution in [0.2, 0.25) is 0 Å². The van der Waals surface area contributed by atoms with Crippen molar-refractivity contribution in [2.45, 2.75) is 17.9 Å². The largest absolute Gasteiger partial charge is 0.497 e. The van der Waals surface area contributed by atoms with Crippen LogP contribution in [0.4, 0.5) is 0 Å². The number of ketones is 1. The van der Waals surface area contributed by atoms with Gasteiger partial charge in [-0.1, -0.05) is 42.5 Å². The molecule has 0 aromatic heterocycles. The van der Waals surface area contributed by atoms with Crippen molar-refractivity contribution in [3.8, 4) is 23.0 Å². The van der Waals surface area contributed by atoms with Gasteiger partial charge in [-0.3, -0.25) is 4.79 Å². The van der Waals surface area contributed by atoms with E-state index in [4.69, 9.17) is 18.9 Å². The molecule has 1 heterocycles. The zero-order chi connectivity index (χ0) is 22.7. The summed E-state index contributed by atoms with van der Waals surface area (Å²) in [6, 6.07) is 19.9. The molecule has 32 heavy (non-hydrogen) atoms. The highest BCUT2D eigenvalue weighted by molar-refractivity contribution is 6.11. The fourth-order valence-electron chi connectivity index (χ4n) is 4.33. The Morgan fingerprint density at radius 2 is 1.59 bits per heavy atom. The predicted octanol–water partition coefficient (Wildman–Crippen LogP) is 4.56. The van der Waals surface area contributed by atoms with Gasteiger partial charge in [0.05, 0.1) is 21.3 Å². The van der Waals surface area contributed by atoms with E-state index in [1.165, 1.54) is 14.2 Å². The number of methoxy groups -OCH3 is 3. The first-order valence-electron chi connectivity index (χ1n) is 10.2. The average molecular weight is 432 g/mol. The lowest BCUT2D eigenvalue weighted by Crippen LogP contribution is -2.43. The smallest absolute Gasteiger partial charge is 0.219 e. The van der Waals surface area contributed by atoms with Crippen LogP contribution in [0.3, 0.4) is 0 Å². The second-order valence-corrected chi connectivity index (χ2v) is 7.46. The second-order valence-electron chi connectivity index (χ2n) is 7.46. The maximum Gasteiger partial charge on any atom is 0.219 e. The maximum absolute atomic E-state index is 14.1. The summed E-state index contributed by atoms with van der Waals surface area (Å²) in [7, 11) is 4.61. The summed E-state index contributed by atoms with van der Waals surface area (Å²) in [5.74, 6) is 1.04. The molecule has 0 aliphatic carbocycles. The first kappa shape index (κ1) is 21.4. The van der Waals surface area contributed by atoms with E-state index in [0.29, 0.717) is 34.1 Å². The fourth-order valence-corrected chi connectivity index (χ4v) is 4.33. The van der Waals surface area contributed by atoms with Crippen molar-refractivity contribution in [1.29, 1.82) is 0 Å². The molecule has 1 aliphatic rings. The van der Waals surface area contributed by atoms with Crippen molar-refractivity contribution in [2.24, 2.45) is 0 Å². The van der Waals surface area contributed by atoms with Crippen molar-refractivity contribution in [1.82, 2.24) is 0 Å². The van der Waals surface area contributed by atoms with Gasteiger partial charge in [0, 0.05) is 30.0 Å². The van der Waals surface area contributed by atoms with E-state index in [2.05, 4.69) is 0 Å². The van der Waals surface area contributed by atoms with E-state index >= 15 is 0 Å². The van der Waals surface area contributed by atoms with E-state index in [1.807, 2.05) is 30.3 Å². The minimum atomic E-state index is -1.46. The van der Waals surface area contributed by atoms with Crippen molar-refractivity contribution < 1.29 is 28.5 Å². The molecular weight excluding hydrogens is 408 g/mol. The van der Waals surface area contributed by atoms with Crippen LogP contribution in [0.1, 0.15) is 33.8 Å². The zero-order valence-electron chi connectivity index (χ0n) is 18.2. The van der Waals surface area contributed by atoms with Crippen LogP contribution in [0, 0.1) is 0 Å². The highest BCUT2D eigenvalue weighted by Crippen LogP contribution is 2.53. The number of carbonyl (C=O) groups excluding carboxylic acids is 2. The minimum Gasteiger partial charge on any atom is -0.497 e. The number of hydrogen-bond acceptors (Lipinski definition) is 6. The average Bonchev–Trinajstić information content (AvgIpc) is 3.15. The van der Waals surface area contributed by atoms with Gasteiger partial charge in [0.25, 0.3) is 0 Å². The molecule has 0 fully saturated rings. The Balaban J connectivity index is 1.98. The van der Waals surface area contributed by atoms with Gasteiger partial charge in [0.2, 0.25) is 11.4 Å². The number of Topliss-reactive ketones (excluding diaryl/α,β-unsaturated/α-hetero) is 1. The standard InChI is InChI=1S/C26H24O6/c1-29-19-11-9-18(10-12-19)26(21(13-14-27)17-7-5-4-6-8-17)25(28)24-22(31-3)15-20(30-2)16-23(24)32-26/h4-12,14-16,21H,13H2,1-3H3. The topological polar surface area (TPSA) is 71.1 Å². The molecular formula is C26H24O6. The molecule has 4 rings (SSSR count).